The van der Waals surface area contributed by atoms with Gasteiger partial charge in [0.1, 0.15) is 0 Å². The van der Waals surface area contributed by atoms with E-state index in [-0.39, 0.29) is 0 Å². The molecule has 2 heteroatoms. The van der Waals surface area contributed by atoms with Gasteiger partial charge >= 0.3 is 0 Å². The van der Waals surface area contributed by atoms with Crippen LogP contribution in [0.15, 0.2) is 103 Å². The summed E-state index contributed by atoms with van der Waals surface area (Å²) in [6, 6.07) is 30.8. The Balaban J connectivity index is 1.36. The Hall–Kier alpha value is -5.36. The molecular weight excluding hydrogens is 472 g/mol. The fraction of sp³-hybridized carbons (Fsp3) is 0.0811. The van der Waals surface area contributed by atoms with E-state index in [2.05, 4.69) is 101 Å². The zero-order valence-corrected chi connectivity index (χ0v) is 22.2. The molecule has 0 spiro atoms. The summed E-state index contributed by atoms with van der Waals surface area (Å²) in [5.41, 5.74) is 10.8. The van der Waals surface area contributed by atoms with Crippen LogP contribution in [0.25, 0.3) is 22.5 Å². The van der Waals surface area contributed by atoms with Crippen LogP contribution >= 0.6 is 0 Å². The first kappa shape index (κ1) is 25.3. The van der Waals surface area contributed by atoms with Crippen molar-refractivity contribution in [2.24, 2.45) is 0 Å². The van der Waals surface area contributed by atoms with Crippen molar-refractivity contribution >= 4 is 0 Å². The predicted molar refractivity (Wildman–Crippen MR) is 160 cm³/mol. The van der Waals surface area contributed by atoms with Gasteiger partial charge in [0.05, 0.1) is 11.4 Å². The predicted octanol–water partition coefficient (Wildman–Crippen LogP) is 7.60. The number of rotatable bonds is 2. The molecule has 39 heavy (non-hydrogen) atoms. The summed E-state index contributed by atoms with van der Waals surface area (Å²) in [5, 5.41) is 0. The Kier molecular flexibility index (Phi) is 7.65. The van der Waals surface area contributed by atoms with Crippen LogP contribution in [-0.2, 0) is 0 Å². The average molecular weight is 499 g/mol. The van der Waals surface area contributed by atoms with E-state index in [9.17, 15) is 0 Å². The third-order valence-electron chi connectivity index (χ3n) is 6.11. The maximum Gasteiger partial charge on any atom is 0.0887 e. The minimum absolute atomic E-state index is 0.824. The molecule has 0 aliphatic rings. The van der Waals surface area contributed by atoms with Gasteiger partial charge in [0.2, 0.25) is 0 Å². The number of aryl methyl sites for hydroxylation is 2. The fourth-order valence-corrected chi connectivity index (χ4v) is 4.01. The monoisotopic (exact) mass is 498 g/mol. The van der Waals surface area contributed by atoms with Crippen LogP contribution in [0.2, 0.25) is 0 Å². The van der Waals surface area contributed by atoms with Crippen LogP contribution < -0.4 is 0 Å². The largest absolute Gasteiger partial charge is 0.254 e. The quantitative estimate of drug-likeness (QED) is 0.234. The van der Waals surface area contributed by atoms with E-state index in [1.54, 1.807) is 6.20 Å². The Morgan fingerprint density at radius 1 is 0.436 bits per heavy atom. The van der Waals surface area contributed by atoms with Gasteiger partial charge in [-0.15, -0.1) is 5.92 Å². The molecule has 184 valence electrons. The van der Waals surface area contributed by atoms with E-state index in [1.807, 2.05) is 62.5 Å². The summed E-state index contributed by atoms with van der Waals surface area (Å²) in [6.07, 6.45) is 3.62. The second-order valence-electron chi connectivity index (χ2n) is 9.27. The zero-order valence-electron chi connectivity index (χ0n) is 22.2. The molecule has 0 atom stereocenters. The molecule has 2 aromatic heterocycles. The first-order chi connectivity index (χ1) is 19.1. The van der Waals surface area contributed by atoms with E-state index in [1.165, 1.54) is 16.7 Å². The number of aromatic nitrogens is 2. The topological polar surface area (TPSA) is 25.8 Å². The third kappa shape index (κ3) is 6.70. The van der Waals surface area contributed by atoms with Gasteiger partial charge in [-0.3, -0.25) is 9.97 Å². The maximum absolute atomic E-state index is 4.54. The Labute approximate surface area is 230 Å². The Morgan fingerprint density at radius 3 is 1.44 bits per heavy atom. The molecule has 0 saturated carbocycles. The van der Waals surface area contributed by atoms with Gasteiger partial charge in [0, 0.05) is 40.2 Å². The van der Waals surface area contributed by atoms with E-state index in [4.69, 9.17) is 0 Å². The van der Waals surface area contributed by atoms with Gasteiger partial charge in [-0.05, 0) is 86.0 Å². The smallest absolute Gasteiger partial charge is 0.0887 e. The highest BCUT2D eigenvalue weighted by molar-refractivity contribution is 5.65. The lowest BCUT2D eigenvalue weighted by molar-refractivity contribution is 1.22. The zero-order chi connectivity index (χ0) is 27.0. The number of pyridine rings is 2. The maximum atomic E-state index is 4.54. The van der Waals surface area contributed by atoms with Gasteiger partial charge in [0.25, 0.3) is 0 Å². The van der Waals surface area contributed by atoms with Crippen LogP contribution in [0.1, 0.15) is 45.9 Å². The van der Waals surface area contributed by atoms with E-state index in [0.717, 1.165) is 44.8 Å². The highest BCUT2D eigenvalue weighted by Gasteiger charge is 2.01. The van der Waals surface area contributed by atoms with Gasteiger partial charge in [-0.2, -0.15) is 0 Å². The second kappa shape index (κ2) is 11.8. The van der Waals surface area contributed by atoms with Gasteiger partial charge < -0.3 is 0 Å². The van der Waals surface area contributed by atoms with Gasteiger partial charge in [-0.25, -0.2) is 0 Å². The third-order valence-corrected chi connectivity index (χ3v) is 6.11. The van der Waals surface area contributed by atoms with Crippen LogP contribution in [0.3, 0.4) is 0 Å². The van der Waals surface area contributed by atoms with E-state index < -0.39 is 0 Å². The number of hydrogen-bond donors (Lipinski definition) is 0. The van der Waals surface area contributed by atoms with Crippen molar-refractivity contribution in [2.75, 3.05) is 0 Å². The molecule has 0 bridgehead atoms. The molecule has 3 aromatic carbocycles. The molecule has 5 rings (SSSR count). The van der Waals surface area contributed by atoms with E-state index in [0.29, 0.717) is 0 Å². The van der Waals surface area contributed by atoms with Crippen molar-refractivity contribution < 1.29 is 0 Å². The molecule has 0 aliphatic heterocycles. The summed E-state index contributed by atoms with van der Waals surface area (Å²) < 4.78 is 0. The molecule has 2 heterocycles. The Morgan fingerprint density at radius 2 is 0.897 bits per heavy atom. The molecule has 0 fully saturated rings. The van der Waals surface area contributed by atoms with Crippen LogP contribution in [0, 0.1) is 49.4 Å². The first-order valence-electron chi connectivity index (χ1n) is 12.7. The minimum Gasteiger partial charge on any atom is -0.254 e. The highest BCUT2D eigenvalue weighted by Crippen LogP contribution is 2.20. The summed E-state index contributed by atoms with van der Waals surface area (Å²) in [5.74, 6) is 19.2. The molecular formula is C37H26N2. The SMILES string of the molecule is CC#Cc1cc(C#Cc2ccc(-c3ccc(C)cc3)cc2)cc(C#Cc2ccc(-c3ccc(C)cn3)nc2)c1. The van der Waals surface area contributed by atoms with E-state index >= 15 is 0 Å². The van der Waals surface area contributed by atoms with Crippen molar-refractivity contribution in [3.63, 3.8) is 0 Å². The lowest BCUT2D eigenvalue weighted by Crippen LogP contribution is -1.88. The summed E-state index contributed by atoms with van der Waals surface area (Å²) in [7, 11) is 0. The Bertz CT molecular complexity index is 1670. The summed E-state index contributed by atoms with van der Waals surface area (Å²) in [6.45, 7) is 5.94. The van der Waals surface area contributed by atoms with Gasteiger partial charge in [0.15, 0.2) is 0 Å². The number of benzene rings is 3. The van der Waals surface area contributed by atoms with Crippen molar-refractivity contribution in [1.29, 1.82) is 0 Å². The molecule has 0 amide bonds. The molecule has 0 saturated heterocycles. The van der Waals surface area contributed by atoms with Crippen molar-refractivity contribution in [1.82, 2.24) is 9.97 Å². The number of nitrogens with zero attached hydrogens (tertiary/aromatic N) is 2. The van der Waals surface area contributed by atoms with Gasteiger partial charge in [-0.1, -0.05) is 77.6 Å². The minimum atomic E-state index is 0.824. The molecule has 0 N–H and O–H groups in total. The van der Waals surface area contributed by atoms with Crippen LogP contribution in [-0.4, -0.2) is 9.97 Å². The van der Waals surface area contributed by atoms with Crippen molar-refractivity contribution in [3.05, 3.63) is 142 Å². The standard InChI is InChI=1S/C37H26N2/c1-4-5-31-22-32(11-9-29-13-18-35(19-14-29)34-16-6-27(2)7-17-34)24-33(23-31)12-10-30-15-21-37(39-26-30)36-20-8-28(3)25-38-36/h6-8,13-26H,1-3H3. The number of hydrogen-bond acceptors (Lipinski definition) is 2. The molecule has 0 aliphatic carbocycles. The van der Waals surface area contributed by atoms with Crippen LogP contribution in [0.4, 0.5) is 0 Å². The first-order valence-corrected chi connectivity index (χ1v) is 12.7. The molecule has 0 radical (unpaired) electrons. The molecule has 5 aromatic rings. The van der Waals surface area contributed by atoms with Crippen molar-refractivity contribution in [2.45, 2.75) is 20.8 Å². The normalized spacial score (nSPS) is 9.82. The summed E-state index contributed by atoms with van der Waals surface area (Å²) >= 11 is 0. The fourth-order valence-electron chi connectivity index (χ4n) is 4.01. The molecule has 2 nitrogen and oxygen atoms in total. The highest BCUT2D eigenvalue weighted by atomic mass is 14.8. The van der Waals surface area contributed by atoms with Crippen molar-refractivity contribution in [3.8, 4) is 58.0 Å². The lowest BCUT2D eigenvalue weighted by Gasteiger charge is -2.02. The van der Waals surface area contributed by atoms with Crippen LogP contribution in [0.5, 0.6) is 0 Å². The summed E-state index contributed by atoms with van der Waals surface area (Å²) in [4.78, 5) is 8.98. The lowest BCUT2D eigenvalue weighted by atomic mass is 10.0. The average Bonchev–Trinajstić information content (AvgIpc) is 2.97. The molecule has 0 unspecified atom stereocenters. The second-order valence-corrected chi connectivity index (χ2v) is 9.27.